The van der Waals surface area contributed by atoms with E-state index in [4.69, 9.17) is 4.74 Å². The summed E-state index contributed by atoms with van der Waals surface area (Å²) in [5, 5.41) is 4.29. The number of anilines is 2. The molecule has 0 saturated carbocycles. The highest BCUT2D eigenvalue weighted by Crippen LogP contribution is 2.27. The van der Waals surface area contributed by atoms with Crippen LogP contribution in [0.2, 0.25) is 0 Å². The fraction of sp³-hybridized carbons (Fsp3) is 0.0435. The molecule has 1 N–H and O–H groups in total. The molecule has 0 radical (unpaired) electrons. The SMILES string of the molecule is COc1ccc(/C=C/c2cc3c(Nc4ccc5scnc5c4)ncnc3cn2)cc1. The Morgan fingerprint density at radius 1 is 0.900 bits per heavy atom. The van der Waals surface area contributed by atoms with Gasteiger partial charge in [0.1, 0.15) is 17.9 Å². The third-order valence-corrected chi connectivity index (χ3v) is 5.51. The van der Waals surface area contributed by atoms with Crippen molar-refractivity contribution >= 4 is 56.1 Å². The second-order valence-corrected chi connectivity index (χ2v) is 7.50. The Balaban J connectivity index is 1.46. The van der Waals surface area contributed by atoms with Gasteiger partial charge in [0.2, 0.25) is 0 Å². The van der Waals surface area contributed by atoms with E-state index in [0.29, 0.717) is 0 Å². The second-order valence-electron chi connectivity index (χ2n) is 6.61. The van der Waals surface area contributed by atoms with Crippen molar-refractivity contribution in [3.05, 3.63) is 77.8 Å². The van der Waals surface area contributed by atoms with Gasteiger partial charge in [0, 0.05) is 11.1 Å². The smallest absolute Gasteiger partial charge is 0.141 e. The van der Waals surface area contributed by atoms with Crippen molar-refractivity contribution in [3.8, 4) is 5.75 Å². The van der Waals surface area contributed by atoms with Gasteiger partial charge in [-0.25, -0.2) is 15.0 Å². The summed E-state index contributed by atoms with van der Waals surface area (Å²) in [6, 6.07) is 16.0. The zero-order valence-corrected chi connectivity index (χ0v) is 16.9. The molecule has 3 aromatic heterocycles. The van der Waals surface area contributed by atoms with Crippen molar-refractivity contribution in [2.24, 2.45) is 0 Å². The highest BCUT2D eigenvalue weighted by atomic mass is 32.1. The molecule has 2 aromatic carbocycles. The molecule has 0 fully saturated rings. The minimum atomic E-state index is 0.732. The Morgan fingerprint density at radius 3 is 2.67 bits per heavy atom. The van der Waals surface area contributed by atoms with E-state index < -0.39 is 0 Å². The average Bonchev–Trinajstić information content (AvgIpc) is 3.26. The molecule has 0 aliphatic rings. The minimum absolute atomic E-state index is 0.732. The standard InChI is InChI=1S/C23H17N5OS/c1-29-18-7-3-15(4-8-18)2-5-16-10-19-21(12-24-16)25-13-26-23(19)28-17-6-9-22-20(11-17)27-14-30-22/h2-14H,1H3,(H,25,26,28)/b5-2+. The number of thiazole rings is 1. The molecule has 0 atom stereocenters. The van der Waals surface area contributed by atoms with Crippen LogP contribution in [0.15, 0.2) is 66.6 Å². The molecule has 0 bridgehead atoms. The van der Waals surface area contributed by atoms with Crippen LogP contribution in [0.3, 0.4) is 0 Å². The number of hydrogen-bond acceptors (Lipinski definition) is 7. The Labute approximate surface area is 176 Å². The summed E-state index contributed by atoms with van der Waals surface area (Å²) in [7, 11) is 1.66. The van der Waals surface area contributed by atoms with Crippen LogP contribution in [-0.2, 0) is 0 Å². The van der Waals surface area contributed by atoms with Crippen LogP contribution in [0.25, 0.3) is 33.3 Å². The van der Waals surface area contributed by atoms with Crippen LogP contribution in [0.4, 0.5) is 11.5 Å². The molecule has 0 aliphatic carbocycles. The molecule has 30 heavy (non-hydrogen) atoms. The zero-order valence-electron chi connectivity index (χ0n) is 16.1. The van der Waals surface area contributed by atoms with E-state index in [2.05, 4.69) is 31.3 Å². The van der Waals surface area contributed by atoms with E-state index in [1.807, 2.05) is 60.1 Å². The summed E-state index contributed by atoms with van der Waals surface area (Å²) in [5.74, 6) is 1.57. The third-order valence-electron chi connectivity index (χ3n) is 4.70. The predicted octanol–water partition coefficient (Wildman–Crippen LogP) is 5.56. The van der Waals surface area contributed by atoms with Gasteiger partial charge in [0.15, 0.2) is 0 Å². The highest BCUT2D eigenvalue weighted by molar-refractivity contribution is 7.16. The van der Waals surface area contributed by atoms with Crippen LogP contribution in [0.5, 0.6) is 5.75 Å². The number of rotatable bonds is 5. The molecule has 7 heteroatoms. The van der Waals surface area contributed by atoms with Gasteiger partial charge in [-0.05, 0) is 48.0 Å². The molecule has 0 aliphatic heterocycles. The van der Waals surface area contributed by atoms with E-state index in [1.165, 1.54) is 0 Å². The van der Waals surface area contributed by atoms with Gasteiger partial charge in [-0.3, -0.25) is 4.98 Å². The Hall–Kier alpha value is -3.84. The van der Waals surface area contributed by atoms with Crippen LogP contribution < -0.4 is 10.1 Å². The summed E-state index contributed by atoms with van der Waals surface area (Å²) in [4.78, 5) is 17.7. The van der Waals surface area contributed by atoms with Gasteiger partial charge < -0.3 is 10.1 Å². The lowest BCUT2D eigenvalue weighted by Crippen LogP contribution is -1.97. The number of nitrogens with zero attached hydrogens (tertiary/aromatic N) is 4. The number of pyridine rings is 1. The first-order valence-electron chi connectivity index (χ1n) is 9.32. The van der Waals surface area contributed by atoms with E-state index in [0.717, 1.165) is 49.6 Å². The number of methoxy groups -OCH3 is 1. The Morgan fingerprint density at radius 2 is 1.80 bits per heavy atom. The summed E-state index contributed by atoms with van der Waals surface area (Å²) in [6.07, 6.45) is 7.29. The second kappa shape index (κ2) is 7.88. The summed E-state index contributed by atoms with van der Waals surface area (Å²) in [6.45, 7) is 0. The Bertz CT molecular complexity index is 1360. The summed E-state index contributed by atoms with van der Waals surface area (Å²) >= 11 is 1.63. The quantitative estimate of drug-likeness (QED) is 0.408. The van der Waals surface area contributed by atoms with Gasteiger partial charge in [-0.1, -0.05) is 18.2 Å². The van der Waals surface area contributed by atoms with Crippen molar-refractivity contribution in [1.29, 1.82) is 0 Å². The zero-order chi connectivity index (χ0) is 20.3. The first kappa shape index (κ1) is 18.2. The normalized spacial score (nSPS) is 11.4. The van der Waals surface area contributed by atoms with Gasteiger partial charge in [-0.2, -0.15) is 0 Å². The maximum Gasteiger partial charge on any atom is 0.141 e. The van der Waals surface area contributed by atoms with E-state index in [1.54, 1.807) is 31.0 Å². The van der Waals surface area contributed by atoms with Crippen molar-refractivity contribution in [3.63, 3.8) is 0 Å². The van der Waals surface area contributed by atoms with Crippen molar-refractivity contribution < 1.29 is 4.74 Å². The maximum absolute atomic E-state index is 5.20. The van der Waals surface area contributed by atoms with Gasteiger partial charge in [0.25, 0.3) is 0 Å². The van der Waals surface area contributed by atoms with Crippen LogP contribution in [0.1, 0.15) is 11.3 Å². The number of ether oxygens (including phenoxy) is 1. The molecule has 0 spiro atoms. The molecule has 0 amide bonds. The lowest BCUT2D eigenvalue weighted by atomic mass is 10.1. The summed E-state index contributed by atoms with van der Waals surface area (Å²) < 4.78 is 6.36. The first-order valence-corrected chi connectivity index (χ1v) is 10.2. The first-order chi connectivity index (χ1) is 14.8. The average molecular weight is 411 g/mol. The fourth-order valence-electron chi connectivity index (χ4n) is 3.13. The Kier molecular flexibility index (Phi) is 4.78. The fourth-order valence-corrected chi connectivity index (χ4v) is 3.79. The van der Waals surface area contributed by atoms with Crippen LogP contribution in [0, 0.1) is 0 Å². The number of nitrogens with one attached hydrogen (secondary N) is 1. The van der Waals surface area contributed by atoms with Gasteiger partial charge >= 0.3 is 0 Å². The largest absolute Gasteiger partial charge is 0.497 e. The van der Waals surface area contributed by atoms with Crippen molar-refractivity contribution in [2.75, 3.05) is 12.4 Å². The molecule has 5 aromatic rings. The molecule has 0 unspecified atom stereocenters. The molecule has 146 valence electrons. The molecule has 3 heterocycles. The molecular formula is C23H17N5OS. The lowest BCUT2D eigenvalue weighted by molar-refractivity contribution is 0.415. The van der Waals surface area contributed by atoms with Gasteiger partial charge in [0.05, 0.1) is 40.2 Å². The number of fused-ring (bicyclic) bond motifs is 2. The van der Waals surface area contributed by atoms with E-state index in [9.17, 15) is 0 Å². The third kappa shape index (κ3) is 3.70. The van der Waals surface area contributed by atoms with Crippen LogP contribution in [-0.4, -0.2) is 27.0 Å². The summed E-state index contributed by atoms with van der Waals surface area (Å²) in [5.41, 5.74) is 6.42. The number of benzene rings is 2. The monoisotopic (exact) mass is 411 g/mol. The van der Waals surface area contributed by atoms with Gasteiger partial charge in [-0.15, -0.1) is 11.3 Å². The van der Waals surface area contributed by atoms with Crippen LogP contribution >= 0.6 is 11.3 Å². The topological polar surface area (TPSA) is 72.8 Å². The number of hydrogen-bond donors (Lipinski definition) is 1. The van der Waals surface area contributed by atoms with E-state index >= 15 is 0 Å². The van der Waals surface area contributed by atoms with Crippen molar-refractivity contribution in [2.45, 2.75) is 0 Å². The van der Waals surface area contributed by atoms with Crippen molar-refractivity contribution in [1.82, 2.24) is 19.9 Å². The molecular weight excluding hydrogens is 394 g/mol. The molecule has 5 rings (SSSR count). The maximum atomic E-state index is 5.20. The molecule has 0 saturated heterocycles. The number of aromatic nitrogens is 4. The minimum Gasteiger partial charge on any atom is -0.497 e. The molecule has 6 nitrogen and oxygen atoms in total. The van der Waals surface area contributed by atoms with E-state index in [-0.39, 0.29) is 0 Å². The lowest BCUT2D eigenvalue weighted by Gasteiger charge is -2.08. The predicted molar refractivity (Wildman–Crippen MR) is 122 cm³/mol. The highest BCUT2D eigenvalue weighted by Gasteiger charge is 2.07.